The third-order valence-electron chi connectivity index (χ3n) is 4.23. The van der Waals surface area contributed by atoms with E-state index in [1.165, 1.54) is 12.1 Å². The number of carbonyl (C=O) groups excluding carboxylic acids is 1. The molecule has 0 unspecified atom stereocenters. The van der Waals surface area contributed by atoms with Gasteiger partial charge in [-0.1, -0.05) is 35.0 Å². The van der Waals surface area contributed by atoms with E-state index in [2.05, 4.69) is 10.5 Å². The molecule has 2 aromatic carbocycles. The van der Waals surface area contributed by atoms with Gasteiger partial charge in [-0.05, 0) is 26.0 Å². The number of nitrogens with zero attached hydrogens (tertiary/aromatic N) is 1. The normalized spacial score (nSPS) is 12.0. The first kappa shape index (κ1) is 18.7. The van der Waals surface area contributed by atoms with Gasteiger partial charge in [-0.25, -0.2) is 8.78 Å². The van der Waals surface area contributed by atoms with E-state index in [1.54, 1.807) is 18.3 Å². The molecule has 1 heterocycles. The van der Waals surface area contributed by atoms with Gasteiger partial charge >= 0.3 is 0 Å². The smallest absolute Gasteiger partial charge is 0.281 e. The zero-order valence-corrected chi connectivity index (χ0v) is 15.0. The van der Waals surface area contributed by atoms with Gasteiger partial charge in [0.15, 0.2) is 6.54 Å². The second kappa shape index (κ2) is 8.09. The average molecular weight is 372 g/mol. The van der Waals surface area contributed by atoms with E-state index >= 15 is 0 Å². The fraction of sp³-hybridized carbons (Fsp3) is 0.200. The minimum Gasteiger partial charge on any atom is -0.338 e. The molecule has 0 aliphatic heterocycles. The van der Waals surface area contributed by atoms with Crippen LogP contribution in [0.4, 0.5) is 14.7 Å². The summed E-state index contributed by atoms with van der Waals surface area (Å²) in [6.45, 7) is 3.79. The van der Waals surface area contributed by atoms with Crippen LogP contribution in [0, 0.1) is 18.6 Å². The van der Waals surface area contributed by atoms with Crippen LogP contribution in [0.1, 0.15) is 24.1 Å². The van der Waals surface area contributed by atoms with Crippen molar-refractivity contribution in [2.45, 2.75) is 19.9 Å². The first-order chi connectivity index (χ1) is 12.9. The molecule has 3 N–H and O–H groups in total. The summed E-state index contributed by atoms with van der Waals surface area (Å²) >= 11 is 0. The Hall–Kier alpha value is -3.06. The average Bonchev–Trinajstić information content (AvgIpc) is 3.08. The number of halogens is 2. The molecule has 7 heteroatoms. The van der Waals surface area contributed by atoms with E-state index in [1.807, 2.05) is 31.2 Å². The molecule has 1 aromatic heterocycles. The molecule has 0 aliphatic carbocycles. The fourth-order valence-electron chi connectivity index (χ4n) is 2.66. The summed E-state index contributed by atoms with van der Waals surface area (Å²) in [6, 6.07) is 12.5. The van der Waals surface area contributed by atoms with Crippen molar-refractivity contribution < 1.29 is 23.4 Å². The topological polar surface area (TPSA) is 71.7 Å². The van der Waals surface area contributed by atoms with Crippen LogP contribution < -0.4 is 10.6 Å². The van der Waals surface area contributed by atoms with Crippen LogP contribution in [-0.2, 0) is 4.79 Å². The summed E-state index contributed by atoms with van der Waals surface area (Å²) in [7, 11) is 0. The lowest BCUT2D eigenvalue weighted by molar-refractivity contribution is -0.682. The van der Waals surface area contributed by atoms with Crippen molar-refractivity contribution in [2.24, 2.45) is 0 Å². The number of nitrogens with one attached hydrogen (secondary N) is 1. The second-order valence-electron chi connectivity index (χ2n) is 6.38. The summed E-state index contributed by atoms with van der Waals surface area (Å²) < 4.78 is 31.9. The van der Waals surface area contributed by atoms with Gasteiger partial charge in [0, 0.05) is 23.3 Å². The lowest BCUT2D eigenvalue weighted by Gasteiger charge is -2.11. The monoisotopic (exact) mass is 372 g/mol. The molecule has 140 valence electrons. The molecule has 3 aromatic rings. The minimum absolute atomic E-state index is 0.0541. The zero-order chi connectivity index (χ0) is 19.4. The fourth-order valence-corrected chi connectivity index (χ4v) is 2.66. The molecule has 27 heavy (non-hydrogen) atoms. The highest BCUT2D eigenvalue weighted by atomic mass is 19.1. The summed E-state index contributed by atoms with van der Waals surface area (Å²) in [6.07, 6.45) is 0. The SMILES string of the molecule is Cc1ccc(-c2cc(NC(=O)C[NH2+][C@H](C)c3ccc(F)cc3F)on2)cc1. The molecule has 3 rings (SSSR count). The van der Waals surface area contributed by atoms with Crippen LogP contribution in [0.15, 0.2) is 53.1 Å². The van der Waals surface area contributed by atoms with Crippen molar-refractivity contribution in [3.05, 3.63) is 71.3 Å². The molecule has 0 aliphatic rings. The molecule has 1 amide bonds. The first-order valence-electron chi connectivity index (χ1n) is 8.54. The van der Waals surface area contributed by atoms with E-state index in [9.17, 15) is 13.6 Å². The van der Waals surface area contributed by atoms with Crippen LogP contribution in [0.3, 0.4) is 0 Å². The Kier molecular flexibility index (Phi) is 5.61. The maximum Gasteiger partial charge on any atom is 0.281 e. The molecule has 0 spiro atoms. The second-order valence-corrected chi connectivity index (χ2v) is 6.38. The van der Waals surface area contributed by atoms with Gasteiger partial charge in [0.05, 0.1) is 0 Å². The quantitative estimate of drug-likeness (QED) is 0.698. The molecule has 0 fully saturated rings. The Morgan fingerprint density at radius 2 is 1.93 bits per heavy atom. The van der Waals surface area contributed by atoms with Crippen molar-refractivity contribution in [1.82, 2.24) is 5.16 Å². The van der Waals surface area contributed by atoms with Crippen LogP contribution in [0.25, 0.3) is 11.3 Å². The summed E-state index contributed by atoms with van der Waals surface area (Å²) in [4.78, 5) is 12.1. The first-order valence-corrected chi connectivity index (χ1v) is 8.54. The highest BCUT2D eigenvalue weighted by molar-refractivity contribution is 5.90. The van der Waals surface area contributed by atoms with E-state index in [0.717, 1.165) is 17.2 Å². The number of amides is 1. The number of aryl methyl sites for hydroxylation is 1. The van der Waals surface area contributed by atoms with Crippen molar-refractivity contribution in [3.8, 4) is 11.3 Å². The van der Waals surface area contributed by atoms with Crippen molar-refractivity contribution >= 4 is 11.8 Å². The number of quaternary nitrogens is 1. The molecular weight excluding hydrogens is 352 g/mol. The molecule has 0 bridgehead atoms. The zero-order valence-electron chi connectivity index (χ0n) is 15.0. The number of benzene rings is 2. The van der Waals surface area contributed by atoms with Gasteiger partial charge in [0.2, 0.25) is 5.88 Å². The standard InChI is InChI=1S/C20H19F2N3O2/c1-12-3-5-14(6-4-12)18-10-20(27-25-18)24-19(26)11-23-13(2)16-8-7-15(21)9-17(16)22/h3-10,13,23H,11H2,1-2H3,(H,24,26)/p+1/t13-/m1/s1. The largest absolute Gasteiger partial charge is 0.338 e. The summed E-state index contributed by atoms with van der Waals surface area (Å²) in [5.74, 6) is -1.33. The predicted octanol–water partition coefficient (Wildman–Crippen LogP) is 3.19. The molecule has 0 saturated heterocycles. The number of anilines is 1. The van der Waals surface area contributed by atoms with Crippen molar-refractivity contribution in [3.63, 3.8) is 0 Å². The van der Waals surface area contributed by atoms with Crippen molar-refractivity contribution in [2.75, 3.05) is 11.9 Å². The highest BCUT2D eigenvalue weighted by Gasteiger charge is 2.17. The number of rotatable bonds is 6. The Morgan fingerprint density at radius 1 is 1.19 bits per heavy atom. The number of nitrogens with two attached hydrogens (primary N) is 1. The Labute approximate surface area is 155 Å². The number of hydrogen-bond donors (Lipinski definition) is 2. The third kappa shape index (κ3) is 4.77. The van der Waals surface area contributed by atoms with Crippen molar-refractivity contribution in [1.29, 1.82) is 0 Å². The van der Waals surface area contributed by atoms with Gasteiger partial charge in [0.25, 0.3) is 5.91 Å². The van der Waals surface area contributed by atoms with Crippen LogP contribution in [0.5, 0.6) is 0 Å². The lowest BCUT2D eigenvalue weighted by atomic mass is 10.1. The van der Waals surface area contributed by atoms with Gasteiger partial charge < -0.3 is 9.84 Å². The minimum atomic E-state index is -0.629. The maximum absolute atomic E-state index is 13.8. The molecule has 1 atom stereocenters. The Bertz CT molecular complexity index is 939. The maximum atomic E-state index is 13.8. The van der Waals surface area contributed by atoms with Gasteiger partial charge in [0.1, 0.15) is 23.4 Å². The number of hydrogen-bond acceptors (Lipinski definition) is 3. The summed E-state index contributed by atoms with van der Waals surface area (Å²) in [5.41, 5.74) is 2.98. The van der Waals surface area contributed by atoms with Crippen LogP contribution in [0.2, 0.25) is 0 Å². The third-order valence-corrected chi connectivity index (χ3v) is 4.23. The van der Waals surface area contributed by atoms with E-state index in [-0.39, 0.29) is 24.4 Å². The van der Waals surface area contributed by atoms with E-state index < -0.39 is 11.6 Å². The molecular formula is C20H20F2N3O2+. The predicted molar refractivity (Wildman–Crippen MR) is 96.9 cm³/mol. The number of aromatic nitrogens is 1. The van der Waals surface area contributed by atoms with Gasteiger partial charge in [-0.2, -0.15) is 0 Å². The molecule has 0 saturated carbocycles. The van der Waals surface area contributed by atoms with E-state index in [4.69, 9.17) is 4.52 Å². The Balaban J connectivity index is 1.56. The molecule has 0 radical (unpaired) electrons. The Morgan fingerprint density at radius 3 is 2.63 bits per heavy atom. The van der Waals surface area contributed by atoms with Crippen LogP contribution in [-0.4, -0.2) is 17.6 Å². The van der Waals surface area contributed by atoms with Gasteiger partial charge in [-0.15, -0.1) is 0 Å². The van der Waals surface area contributed by atoms with Gasteiger partial charge in [-0.3, -0.25) is 10.1 Å². The number of carbonyl (C=O) groups is 1. The molecule has 5 nitrogen and oxygen atoms in total. The highest BCUT2D eigenvalue weighted by Crippen LogP contribution is 2.22. The lowest BCUT2D eigenvalue weighted by Crippen LogP contribution is -2.86. The van der Waals surface area contributed by atoms with E-state index in [0.29, 0.717) is 11.3 Å². The summed E-state index contributed by atoms with van der Waals surface area (Å²) in [5, 5.41) is 8.22. The van der Waals surface area contributed by atoms with Crippen LogP contribution >= 0.6 is 0 Å².